The summed E-state index contributed by atoms with van der Waals surface area (Å²) in [6.45, 7) is 9.06. The molecule has 0 spiro atoms. The highest BCUT2D eigenvalue weighted by atomic mass is 16.3. The molecule has 8 aromatic rings. The average molecular weight is 621 g/mol. The fourth-order valence-electron chi connectivity index (χ4n) is 8.09. The summed E-state index contributed by atoms with van der Waals surface area (Å²) in [7, 11) is 0. The second kappa shape index (κ2) is 10.6. The molecule has 2 aromatic heterocycles. The van der Waals surface area contributed by atoms with Crippen molar-refractivity contribution in [3.8, 4) is 16.8 Å². The zero-order valence-electron chi connectivity index (χ0n) is 27.7. The number of furan rings is 1. The quantitative estimate of drug-likeness (QED) is 0.191. The first kappa shape index (κ1) is 28.4. The Kier molecular flexibility index (Phi) is 6.29. The summed E-state index contributed by atoms with van der Waals surface area (Å²) in [5.41, 5.74) is 15.2. The number of rotatable bonds is 5. The number of hydrogen-bond donors (Lipinski definition) is 0. The lowest BCUT2D eigenvalue weighted by atomic mass is 9.81. The molecule has 0 saturated carbocycles. The summed E-state index contributed by atoms with van der Waals surface area (Å²) >= 11 is 0. The minimum atomic E-state index is -0.178. The van der Waals surface area contributed by atoms with E-state index >= 15 is 0 Å². The summed E-state index contributed by atoms with van der Waals surface area (Å²) < 4.78 is 8.65. The summed E-state index contributed by atoms with van der Waals surface area (Å²) in [4.78, 5) is 2.46. The van der Waals surface area contributed by atoms with Gasteiger partial charge < -0.3 is 13.9 Å². The molecular formula is C45H36N2O. The van der Waals surface area contributed by atoms with Gasteiger partial charge in [-0.2, -0.15) is 0 Å². The third-order valence-corrected chi connectivity index (χ3v) is 10.3. The summed E-state index contributed by atoms with van der Waals surface area (Å²) in [5.74, 6) is 0. The fourth-order valence-corrected chi connectivity index (χ4v) is 8.09. The van der Waals surface area contributed by atoms with Gasteiger partial charge in [0.15, 0.2) is 0 Å². The molecule has 0 atom stereocenters. The van der Waals surface area contributed by atoms with Crippen LogP contribution in [0.1, 0.15) is 43.2 Å². The van der Waals surface area contributed by atoms with E-state index in [0.717, 1.165) is 39.0 Å². The summed E-state index contributed by atoms with van der Waals surface area (Å²) in [6, 6.07) is 48.2. The molecule has 3 nitrogen and oxygen atoms in total. The van der Waals surface area contributed by atoms with Gasteiger partial charge in [-0.15, -0.1) is 0 Å². The number of aromatic nitrogens is 1. The number of benzene rings is 6. The van der Waals surface area contributed by atoms with E-state index in [1.807, 2.05) is 12.1 Å². The van der Waals surface area contributed by atoms with Crippen molar-refractivity contribution in [2.24, 2.45) is 0 Å². The zero-order chi connectivity index (χ0) is 32.6. The van der Waals surface area contributed by atoms with Crippen LogP contribution < -0.4 is 4.90 Å². The zero-order valence-corrected chi connectivity index (χ0v) is 27.7. The SMILES string of the molecule is C/C=C\c1c(C)c2cc(N(c3ccc4oc5ccccc5c4c3)c3cccc4c3C(C)(C)c3ccccc3-4)ccc2n1-c1ccccc1. The van der Waals surface area contributed by atoms with Crippen LogP contribution in [0.2, 0.25) is 0 Å². The van der Waals surface area contributed by atoms with Crippen molar-refractivity contribution in [1.82, 2.24) is 4.57 Å². The minimum Gasteiger partial charge on any atom is -0.456 e. The lowest BCUT2D eigenvalue weighted by Crippen LogP contribution is -2.20. The highest BCUT2D eigenvalue weighted by molar-refractivity contribution is 6.07. The lowest BCUT2D eigenvalue weighted by Gasteiger charge is -2.32. The van der Waals surface area contributed by atoms with Gasteiger partial charge in [-0.25, -0.2) is 0 Å². The highest BCUT2D eigenvalue weighted by Crippen LogP contribution is 2.54. The largest absolute Gasteiger partial charge is 0.456 e. The van der Waals surface area contributed by atoms with Crippen molar-refractivity contribution < 1.29 is 4.42 Å². The number of aryl methyl sites for hydroxylation is 1. The average Bonchev–Trinajstić information content (AvgIpc) is 3.71. The number of anilines is 3. The second-order valence-corrected chi connectivity index (χ2v) is 13.4. The Hall–Kier alpha value is -5.80. The predicted molar refractivity (Wildman–Crippen MR) is 202 cm³/mol. The Morgan fingerprint density at radius 1 is 0.646 bits per heavy atom. The van der Waals surface area contributed by atoms with Crippen LogP contribution >= 0.6 is 0 Å². The maximum Gasteiger partial charge on any atom is 0.135 e. The van der Waals surface area contributed by atoms with Crippen molar-refractivity contribution in [1.29, 1.82) is 0 Å². The summed E-state index contributed by atoms with van der Waals surface area (Å²) in [5, 5.41) is 3.48. The van der Waals surface area contributed by atoms with Crippen molar-refractivity contribution in [2.75, 3.05) is 4.90 Å². The monoisotopic (exact) mass is 620 g/mol. The van der Waals surface area contributed by atoms with Crippen molar-refractivity contribution >= 4 is 56.0 Å². The van der Waals surface area contributed by atoms with Crippen molar-refractivity contribution in [2.45, 2.75) is 33.1 Å². The van der Waals surface area contributed by atoms with Crippen LogP contribution in [-0.4, -0.2) is 4.57 Å². The van der Waals surface area contributed by atoms with Crippen molar-refractivity contribution in [3.05, 3.63) is 162 Å². The molecule has 232 valence electrons. The first-order chi connectivity index (χ1) is 23.5. The molecule has 1 aliphatic carbocycles. The number of hydrogen-bond acceptors (Lipinski definition) is 2. The molecule has 0 saturated heterocycles. The predicted octanol–water partition coefficient (Wildman–Crippen LogP) is 12.6. The van der Waals surface area contributed by atoms with Crippen LogP contribution in [0.3, 0.4) is 0 Å². The van der Waals surface area contributed by atoms with Crippen molar-refractivity contribution in [3.63, 3.8) is 0 Å². The number of allylic oxidation sites excluding steroid dienone is 1. The van der Waals surface area contributed by atoms with E-state index in [0.29, 0.717) is 0 Å². The van der Waals surface area contributed by atoms with Crippen LogP contribution in [-0.2, 0) is 5.41 Å². The molecule has 2 heterocycles. The molecule has 9 rings (SSSR count). The maximum absolute atomic E-state index is 6.27. The summed E-state index contributed by atoms with van der Waals surface area (Å²) in [6.07, 6.45) is 4.35. The normalized spacial score (nSPS) is 13.5. The lowest BCUT2D eigenvalue weighted by molar-refractivity contribution is 0.660. The molecule has 0 bridgehead atoms. The number of para-hydroxylation sites is 2. The van der Waals surface area contributed by atoms with E-state index in [4.69, 9.17) is 4.42 Å². The molecule has 3 heteroatoms. The van der Waals surface area contributed by atoms with Crippen LogP contribution in [0, 0.1) is 6.92 Å². The van der Waals surface area contributed by atoms with Gasteiger partial charge in [0, 0.05) is 44.3 Å². The maximum atomic E-state index is 6.27. The van der Waals surface area contributed by atoms with E-state index in [1.165, 1.54) is 50.1 Å². The van der Waals surface area contributed by atoms with Crippen LogP contribution in [0.25, 0.3) is 55.7 Å². The molecule has 0 fully saturated rings. The molecule has 48 heavy (non-hydrogen) atoms. The molecule has 1 aliphatic rings. The first-order valence-corrected chi connectivity index (χ1v) is 16.7. The second-order valence-electron chi connectivity index (χ2n) is 13.4. The molecule has 6 aromatic carbocycles. The van der Waals surface area contributed by atoms with Gasteiger partial charge in [0.05, 0.1) is 11.2 Å². The first-order valence-electron chi connectivity index (χ1n) is 16.7. The molecule has 0 radical (unpaired) electrons. The van der Waals surface area contributed by atoms with Gasteiger partial charge >= 0.3 is 0 Å². The Morgan fingerprint density at radius 3 is 2.17 bits per heavy atom. The van der Waals surface area contributed by atoms with Gasteiger partial charge in [-0.3, -0.25) is 0 Å². The Labute approximate surface area is 281 Å². The fraction of sp³-hybridized carbons (Fsp3) is 0.111. The van der Waals surface area contributed by atoms with E-state index in [9.17, 15) is 0 Å². The number of fused-ring (bicyclic) bond motifs is 7. The number of nitrogens with zero attached hydrogens (tertiary/aromatic N) is 2. The molecule has 0 aliphatic heterocycles. The van der Waals surface area contributed by atoms with E-state index < -0.39 is 0 Å². The molecular weight excluding hydrogens is 585 g/mol. The molecule has 0 unspecified atom stereocenters. The van der Waals surface area contributed by atoms with E-state index in [1.54, 1.807) is 0 Å². The Balaban J connectivity index is 1.33. The van der Waals surface area contributed by atoms with Crippen LogP contribution in [0.4, 0.5) is 17.1 Å². The van der Waals surface area contributed by atoms with E-state index in [-0.39, 0.29) is 5.41 Å². The van der Waals surface area contributed by atoms with Gasteiger partial charge in [-0.05, 0) is 108 Å². The minimum absolute atomic E-state index is 0.178. The molecule has 0 N–H and O–H groups in total. The van der Waals surface area contributed by atoms with Gasteiger partial charge in [-0.1, -0.05) is 92.7 Å². The van der Waals surface area contributed by atoms with Crippen LogP contribution in [0.5, 0.6) is 0 Å². The van der Waals surface area contributed by atoms with Crippen LogP contribution in [0.15, 0.2) is 144 Å². The Morgan fingerprint density at radius 2 is 1.33 bits per heavy atom. The van der Waals surface area contributed by atoms with Gasteiger partial charge in [0.25, 0.3) is 0 Å². The molecule has 0 amide bonds. The highest BCUT2D eigenvalue weighted by Gasteiger charge is 2.38. The smallest absolute Gasteiger partial charge is 0.135 e. The van der Waals surface area contributed by atoms with Gasteiger partial charge in [0.2, 0.25) is 0 Å². The standard InChI is InChI=1S/C45H36N2O/c1-5-14-39-29(2)36-27-31(23-25-40(36)47(39)30-15-7-6-8-16-30)46(32-24-26-43-37(28-32)34-18-10-12-22-42(34)48-43)41-21-13-19-35-33-17-9-11-20-38(33)45(3,4)44(35)41/h5-28H,1-4H3/b14-5-. The topological polar surface area (TPSA) is 21.3 Å². The van der Waals surface area contributed by atoms with Gasteiger partial charge in [0.1, 0.15) is 11.2 Å². The third-order valence-electron chi connectivity index (χ3n) is 10.3. The third kappa shape index (κ3) is 4.07. The Bertz CT molecular complexity index is 2560. The van der Waals surface area contributed by atoms with E-state index in [2.05, 4.69) is 171 Å².